The van der Waals surface area contributed by atoms with Crippen LogP contribution in [-0.4, -0.2) is 85.2 Å². The summed E-state index contributed by atoms with van der Waals surface area (Å²) in [5, 5.41) is 7.27. The first-order valence-corrected chi connectivity index (χ1v) is 58.4. The largest absolute Gasteiger partial charge is 0.743 e. The van der Waals surface area contributed by atoms with Gasteiger partial charge in [0.25, 0.3) is 0 Å². The second-order valence-corrected chi connectivity index (χ2v) is 48.6. The number of hydrogen-bond acceptors (Lipinski definition) is 14. The fraction of sp³-hybridized carbons (Fsp3) is 0.496. The number of hydrogen-bond donors (Lipinski definition) is 2. The molecule has 5 fully saturated rings. The highest BCUT2D eigenvalue weighted by atomic mass is 32.2. The first kappa shape index (κ1) is 124. The van der Waals surface area contributed by atoms with Crippen LogP contribution in [0.1, 0.15) is 360 Å². The summed E-state index contributed by atoms with van der Waals surface area (Å²) in [7, 11) is -14.2. The molecule has 0 amide bonds. The topological polar surface area (TPSA) is 196 Å². The van der Waals surface area contributed by atoms with E-state index < -0.39 is 42.4 Å². The van der Waals surface area contributed by atoms with Crippen LogP contribution in [-0.2, 0) is 45.3 Å². The normalized spacial score (nSPS) is 19.2. The van der Waals surface area contributed by atoms with E-state index in [2.05, 4.69) is 298 Å². The minimum absolute atomic E-state index is 0.0146. The van der Waals surface area contributed by atoms with Crippen molar-refractivity contribution in [2.75, 3.05) is 0 Å². The minimum Gasteiger partial charge on any atom is -0.743 e. The molecule has 2 N–H and O–H groups in total. The molecular formula is C127H168F6O14S3. The summed E-state index contributed by atoms with van der Waals surface area (Å²) in [4.78, 5) is 4.08. The highest BCUT2D eigenvalue weighted by molar-refractivity contribution is 7.97. The van der Waals surface area contributed by atoms with Crippen molar-refractivity contribution >= 4 is 41.9 Å². The molecule has 4 bridgehead atoms. The van der Waals surface area contributed by atoms with Gasteiger partial charge in [-0.2, -0.15) is 34.8 Å². The highest BCUT2D eigenvalue weighted by Gasteiger charge is 2.81. The van der Waals surface area contributed by atoms with Gasteiger partial charge in [0.05, 0.1) is 29.2 Å². The predicted octanol–water partition coefficient (Wildman–Crippen LogP) is 35.8. The predicted molar refractivity (Wildman–Crippen MR) is 599 cm³/mol. The molecule has 23 heteroatoms. The Hall–Kier alpha value is -9.85. The number of phenolic OH excluding ortho intramolecular Hbond substituents is 2. The van der Waals surface area contributed by atoms with Crippen LogP contribution in [0.4, 0.5) is 26.3 Å². The Bertz CT molecular complexity index is 5790. The average Bonchev–Trinajstić information content (AvgIpc) is 1.56. The average molecular weight is 2130 g/mol. The Morgan fingerprint density at radius 3 is 1.01 bits per heavy atom. The van der Waals surface area contributed by atoms with Gasteiger partial charge in [-0.3, -0.25) is 0 Å². The van der Waals surface area contributed by atoms with Gasteiger partial charge in [-0.15, -0.1) is 0 Å². The van der Waals surface area contributed by atoms with Crippen LogP contribution < -0.4 is 18.4 Å². The fourth-order valence-electron chi connectivity index (χ4n) is 19.7. The molecule has 150 heavy (non-hydrogen) atoms. The molecule has 0 saturated heterocycles. The van der Waals surface area contributed by atoms with Crippen LogP contribution in [0.25, 0.3) is 10.8 Å². The SMILES string of the molecule is CC1c2cccc3cccc(c23)C1C.CCC(C)c1ccc(O)cc1.CCC(C)c1ccc(O)cc1.CCC(C)c1ccc(OC(OC(C)C)C(C)(C)C)cc1.CCC(C)c1ccc(OC(OC(C)C)C(C)C)cc1.CCC(C)c1ccc(OC(OC2CCCCC2)C23CC4CC(CC(C4)C2)C3)cc1.CCC(C)c1ccc(OS(=O)(=O)C(F)(F)C(F)(F)C(F)(F)S(=O)(=O)[O-])cc1.c1ccc([S+](c2ccccc2)c2ccccc2)cc1. The Balaban J connectivity index is 0.000000194. The van der Waals surface area contributed by atoms with Crippen molar-refractivity contribution < 1.29 is 90.5 Å². The summed E-state index contributed by atoms with van der Waals surface area (Å²) in [6, 6.07) is 90.1. The lowest BCUT2D eigenvalue weighted by atomic mass is 9.49. The molecule has 11 atom stereocenters. The molecule has 6 aliphatic carbocycles. The third-order valence-electron chi connectivity index (χ3n) is 29.8. The number of alkyl halides is 6. The number of halogens is 6. The van der Waals surface area contributed by atoms with Gasteiger partial charge >= 0.3 is 26.5 Å². The standard InChI is InChI=1S/C27H40O2.C18H30O2.C18H15S.C17H28O2.C14H14.C13H14F6O6S2.2C10H14O/c1-3-19(2)23-9-11-25(12-10-23)29-26(28-24-7-5-4-6-8-24)27-16-20-13-21(17-27)15-22(14-20)18-27;1-8-14(4)15-9-11-16(12-10-15)20-17(18(5,6)7)19-13(2)3;1-4-10-16(11-5-1)19(17-12-6-2-7-13-17)18-14-8-3-9-15-18;1-7-14(6)15-8-10-16(11-9-15)19-17(12(2)3)18-13(4)5;1-9-10(2)13-8-4-6-11-5-3-7-12(9)14(11)13;1-3-8(2)9-4-6-10(7-5-9)25-27(23,24)13(18,19)11(14,15)12(16,17)26(20,21)22;2*1-3-8(2)9-4-6-10(11)7-5-9/h9-12,19-22,24,26H,3-8,13-18H2,1-2H3;9-14,17H,8H2,1-7H3;1-15H;8-14,17H,7H2,1-6H3;3-10H,1-2H3;4-8H,3H2,1-2H3,(H,20,21,22);2*4-8,11H,3H2,1-2H3/q;;+1;;;;;/p-1. The van der Waals surface area contributed by atoms with Gasteiger partial charge in [0.1, 0.15) is 34.5 Å². The van der Waals surface area contributed by atoms with Gasteiger partial charge in [-0.1, -0.05) is 315 Å². The Kier molecular flexibility index (Phi) is 47.3. The quantitative estimate of drug-likeness (QED) is 0.0125. The van der Waals surface area contributed by atoms with Gasteiger partial charge in [-0.05, 0) is 347 Å². The van der Waals surface area contributed by atoms with E-state index in [-0.39, 0.29) is 58.7 Å². The van der Waals surface area contributed by atoms with Crippen molar-refractivity contribution in [3.8, 4) is 34.5 Å². The molecule has 0 aliphatic heterocycles. The van der Waals surface area contributed by atoms with Crippen LogP contribution in [0.3, 0.4) is 0 Å². The lowest BCUT2D eigenvalue weighted by Gasteiger charge is -2.58. The summed E-state index contributed by atoms with van der Waals surface area (Å²) in [6.07, 6.45) is 21.6. The van der Waals surface area contributed by atoms with Crippen LogP contribution >= 0.6 is 0 Å². The van der Waals surface area contributed by atoms with Gasteiger partial charge < -0.3 is 47.4 Å². The Labute approximate surface area is 897 Å². The van der Waals surface area contributed by atoms with Crippen molar-refractivity contribution in [2.24, 2.45) is 34.5 Å². The highest BCUT2D eigenvalue weighted by Crippen LogP contribution is 2.63. The summed E-state index contributed by atoms with van der Waals surface area (Å²) in [5.74, 6) is 2.86. The van der Waals surface area contributed by atoms with Gasteiger partial charge in [0, 0.05) is 16.7 Å². The molecule has 11 unspecified atom stereocenters. The zero-order chi connectivity index (χ0) is 110. The van der Waals surface area contributed by atoms with Crippen molar-refractivity contribution in [1.82, 2.24) is 0 Å². The second kappa shape index (κ2) is 57.4. The van der Waals surface area contributed by atoms with Gasteiger partial charge in [-0.25, -0.2) is 8.42 Å². The van der Waals surface area contributed by atoms with Crippen molar-refractivity contribution in [1.29, 1.82) is 0 Å². The zero-order valence-corrected chi connectivity index (χ0v) is 95.1. The molecule has 14 nitrogen and oxygen atoms in total. The molecule has 0 spiro atoms. The maximum absolute atomic E-state index is 13.6. The molecule has 5 saturated carbocycles. The summed E-state index contributed by atoms with van der Waals surface area (Å²) in [6.45, 7) is 49.2. The van der Waals surface area contributed by atoms with E-state index >= 15 is 0 Å². The summed E-state index contributed by atoms with van der Waals surface area (Å²) in [5.41, 5.74) is 10.6. The van der Waals surface area contributed by atoms with Crippen molar-refractivity contribution in [3.63, 3.8) is 0 Å². The fourth-order valence-corrected chi connectivity index (χ4v) is 23.2. The van der Waals surface area contributed by atoms with E-state index in [0.717, 1.165) is 72.8 Å². The molecule has 17 rings (SSSR count). The monoisotopic (exact) mass is 2130 g/mol. The Morgan fingerprint density at radius 1 is 0.387 bits per heavy atom. The number of rotatable bonds is 35. The molecule has 11 aromatic carbocycles. The molecule has 0 heterocycles. The number of aromatic hydroxyl groups is 2. The third-order valence-corrected chi connectivity index (χ3v) is 34.3. The van der Waals surface area contributed by atoms with Gasteiger partial charge in [0.2, 0.25) is 18.9 Å². The first-order valence-electron chi connectivity index (χ1n) is 54.3. The number of ether oxygens (including phenoxy) is 6. The molecule has 820 valence electrons. The van der Waals surface area contributed by atoms with Crippen molar-refractivity contribution in [3.05, 3.63) is 317 Å². The summed E-state index contributed by atoms with van der Waals surface area (Å²) >= 11 is 0. The smallest absolute Gasteiger partial charge is 0.450 e. The lowest BCUT2D eigenvalue weighted by Crippen LogP contribution is -2.61. The minimum atomic E-state index is -7.33. The van der Waals surface area contributed by atoms with E-state index in [0.29, 0.717) is 76.9 Å². The molecule has 6 aliphatic rings. The maximum Gasteiger partial charge on any atom is 0.450 e. The van der Waals surface area contributed by atoms with Crippen LogP contribution in [0.2, 0.25) is 0 Å². The molecule has 11 aromatic rings. The molecule has 0 radical (unpaired) electrons. The number of phenols is 2. The molecular weight excluding hydrogens is 1960 g/mol. The first-order chi connectivity index (χ1) is 70.9. The third kappa shape index (κ3) is 34.6. The lowest BCUT2D eigenvalue weighted by molar-refractivity contribution is -0.247. The van der Waals surface area contributed by atoms with E-state index in [1.54, 1.807) is 31.2 Å². The maximum atomic E-state index is 13.6. The number of benzene rings is 11. The van der Waals surface area contributed by atoms with Crippen LogP contribution in [0.5, 0.6) is 34.5 Å². The Morgan fingerprint density at radius 2 is 0.700 bits per heavy atom. The van der Waals surface area contributed by atoms with Crippen LogP contribution in [0, 0.1) is 34.5 Å². The molecule has 0 aromatic heterocycles. The van der Waals surface area contributed by atoms with E-state index in [1.807, 2.05) is 83.1 Å². The van der Waals surface area contributed by atoms with Crippen LogP contribution in [0.15, 0.2) is 288 Å². The van der Waals surface area contributed by atoms with Crippen molar-refractivity contribution in [2.45, 2.75) is 384 Å². The second-order valence-electron chi connectivity index (χ2n) is 43.6. The van der Waals surface area contributed by atoms with E-state index in [1.165, 1.54) is 154 Å². The summed E-state index contributed by atoms with van der Waals surface area (Å²) < 4.78 is 174. The van der Waals surface area contributed by atoms with E-state index in [9.17, 15) is 47.7 Å². The van der Waals surface area contributed by atoms with Gasteiger partial charge in [0.15, 0.2) is 24.8 Å². The van der Waals surface area contributed by atoms with E-state index in [4.69, 9.17) is 38.6 Å². The zero-order valence-electron chi connectivity index (χ0n) is 92.7.